The highest BCUT2D eigenvalue weighted by atomic mass is 19.4. The van der Waals surface area contributed by atoms with E-state index in [1.54, 1.807) is 11.8 Å². The molecule has 2 saturated heterocycles. The Hall–Kier alpha value is -1.87. The summed E-state index contributed by atoms with van der Waals surface area (Å²) < 4.78 is 37.9. The van der Waals surface area contributed by atoms with E-state index < -0.39 is 23.4 Å². The van der Waals surface area contributed by atoms with E-state index >= 15 is 0 Å². The second-order valence-corrected chi connectivity index (χ2v) is 7.57. The van der Waals surface area contributed by atoms with Crippen LogP contribution in [0.15, 0.2) is 18.3 Å². The number of hydrogen-bond donors (Lipinski definition) is 2. The number of aliphatic hydroxyl groups is 2. The van der Waals surface area contributed by atoms with Gasteiger partial charge in [0, 0.05) is 38.3 Å². The van der Waals surface area contributed by atoms with Crippen molar-refractivity contribution in [2.24, 2.45) is 5.92 Å². The van der Waals surface area contributed by atoms with Crippen LogP contribution in [0.4, 0.5) is 19.0 Å². The number of likely N-dealkylation sites (tertiary alicyclic amines) is 1. The van der Waals surface area contributed by atoms with E-state index in [1.165, 1.54) is 6.07 Å². The summed E-state index contributed by atoms with van der Waals surface area (Å²) in [4.78, 5) is 20.1. The van der Waals surface area contributed by atoms with Crippen LogP contribution < -0.4 is 4.90 Å². The number of rotatable bonds is 2. The zero-order valence-electron chi connectivity index (χ0n) is 15.1. The standard InChI is InChI=1S/C18H24F3N3O3/c1-17(27)6-9-24(11-14(17)25)16(26)12-4-7-23(8-5-12)15-3-2-13(10-22-15)18(19,20)21/h2-3,10,12,14,25,27H,4-9,11H2,1H3/t14-,17+/m0/s1. The molecule has 2 aliphatic heterocycles. The molecule has 2 N–H and O–H groups in total. The van der Waals surface area contributed by atoms with E-state index in [4.69, 9.17) is 0 Å². The number of hydrogen-bond acceptors (Lipinski definition) is 5. The van der Waals surface area contributed by atoms with Crippen LogP contribution in [0.2, 0.25) is 0 Å². The molecular formula is C18H24F3N3O3. The first-order valence-corrected chi connectivity index (χ1v) is 9.05. The smallest absolute Gasteiger partial charge is 0.388 e. The molecule has 2 fully saturated rings. The zero-order valence-corrected chi connectivity index (χ0v) is 15.1. The topological polar surface area (TPSA) is 76.9 Å². The second-order valence-electron chi connectivity index (χ2n) is 7.57. The highest BCUT2D eigenvalue weighted by molar-refractivity contribution is 5.79. The molecule has 0 spiro atoms. The van der Waals surface area contributed by atoms with E-state index in [9.17, 15) is 28.2 Å². The Kier molecular flexibility index (Phi) is 5.36. The number of carbonyl (C=O) groups excluding carboxylic acids is 1. The van der Waals surface area contributed by atoms with Gasteiger partial charge in [0.1, 0.15) is 5.82 Å². The third kappa shape index (κ3) is 4.35. The van der Waals surface area contributed by atoms with Crippen LogP contribution in [0.25, 0.3) is 0 Å². The van der Waals surface area contributed by atoms with Crippen molar-refractivity contribution in [2.75, 3.05) is 31.1 Å². The Morgan fingerprint density at radius 3 is 2.44 bits per heavy atom. The molecule has 150 valence electrons. The average molecular weight is 387 g/mol. The normalized spacial score (nSPS) is 27.7. The van der Waals surface area contributed by atoms with E-state index in [2.05, 4.69) is 4.98 Å². The molecule has 0 saturated carbocycles. The Morgan fingerprint density at radius 2 is 1.93 bits per heavy atom. The lowest BCUT2D eigenvalue weighted by atomic mass is 9.88. The molecule has 27 heavy (non-hydrogen) atoms. The molecule has 1 aromatic heterocycles. The van der Waals surface area contributed by atoms with Gasteiger partial charge >= 0.3 is 6.18 Å². The van der Waals surface area contributed by atoms with Crippen molar-refractivity contribution in [3.63, 3.8) is 0 Å². The van der Waals surface area contributed by atoms with Gasteiger partial charge in [-0.3, -0.25) is 4.79 Å². The van der Waals surface area contributed by atoms with Gasteiger partial charge in [-0.2, -0.15) is 13.2 Å². The summed E-state index contributed by atoms with van der Waals surface area (Å²) in [5.41, 5.74) is -1.95. The van der Waals surface area contributed by atoms with Gasteiger partial charge in [-0.1, -0.05) is 0 Å². The third-order valence-electron chi connectivity index (χ3n) is 5.55. The molecule has 3 heterocycles. The monoisotopic (exact) mass is 387 g/mol. The Morgan fingerprint density at radius 1 is 1.26 bits per heavy atom. The maximum Gasteiger partial charge on any atom is 0.417 e. The lowest BCUT2D eigenvalue weighted by Crippen LogP contribution is -2.56. The van der Waals surface area contributed by atoms with Crippen molar-refractivity contribution in [3.8, 4) is 0 Å². The van der Waals surface area contributed by atoms with Crippen molar-refractivity contribution in [2.45, 2.75) is 44.1 Å². The number of aromatic nitrogens is 1. The van der Waals surface area contributed by atoms with Gasteiger partial charge in [0.05, 0.1) is 17.3 Å². The van der Waals surface area contributed by atoms with Crippen LogP contribution >= 0.6 is 0 Å². The lowest BCUT2D eigenvalue weighted by molar-refractivity contribution is -0.150. The van der Waals surface area contributed by atoms with Crippen LogP contribution in [-0.4, -0.2) is 63.9 Å². The van der Waals surface area contributed by atoms with Crippen LogP contribution in [0.3, 0.4) is 0 Å². The number of aliphatic hydroxyl groups excluding tert-OH is 1. The molecule has 1 aromatic rings. The summed E-state index contributed by atoms with van der Waals surface area (Å²) >= 11 is 0. The van der Waals surface area contributed by atoms with Gasteiger partial charge in [-0.05, 0) is 38.3 Å². The Bertz CT molecular complexity index is 671. The predicted molar refractivity (Wildman–Crippen MR) is 92.0 cm³/mol. The first-order valence-electron chi connectivity index (χ1n) is 9.05. The number of anilines is 1. The lowest BCUT2D eigenvalue weighted by Gasteiger charge is -2.42. The van der Waals surface area contributed by atoms with Gasteiger partial charge in [-0.15, -0.1) is 0 Å². The minimum atomic E-state index is -4.41. The number of nitrogens with zero attached hydrogens (tertiary/aromatic N) is 3. The fourth-order valence-corrected chi connectivity index (χ4v) is 3.58. The minimum Gasteiger partial charge on any atom is -0.388 e. The largest absolute Gasteiger partial charge is 0.417 e. The van der Waals surface area contributed by atoms with E-state index in [0.29, 0.717) is 44.7 Å². The zero-order chi connectivity index (χ0) is 19.8. The fraction of sp³-hybridized carbons (Fsp3) is 0.667. The van der Waals surface area contributed by atoms with Crippen LogP contribution in [0.5, 0.6) is 0 Å². The molecule has 9 heteroatoms. The fourth-order valence-electron chi connectivity index (χ4n) is 3.58. The van der Waals surface area contributed by atoms with Crippen LogP contribution in [0, 0.1) is 5.92 Å². The molecule has 0 unspecified atom stereocenters. The maximum absolute atomic E-state index is 12.7. The third-order valence-corrected chi connectivity index (χ3v) is 5.55. The van der Waals surface area contributed by atoms with Crippen molar-refractivity contribution in [1.29, 1.82) is 0 Å². The van der Waals surface area contributed by atoms with Crippen molar-refractivity contribution in [3.05, 3.63) is 23.9 Å². The van der Waals surface area contributed by atoms with Crippen molar-refractivity contribution in [1.82, 2.24) is 9.88 Å². The highest BCUT2D eigenvalue weighted by Crippen LogP contribution is 2.31. The SMILES string of the molecule is C[C@@]1(O)CCN(C(=O)C2CCN(c3ccc(C(F)(F)F)cn3)CC2)C[C@@H]1O. The average Bonchev–Trinajstić information content (AvgIpc) is 2.63. The predicted octanol–water partition coefficient (Wildman–Crippen LogP) is 1.66. The van der Waals surface area contributed by atoms with Gasteiger partial charge in [0.2, 0.25) is 5.91 Å². The molecule has 2 aliphatic rings. The molecule has 6 nitrogen and oxygen atoms in total. The summed E-state index contributed by atoms with van der Waals surface area (Å²) in [6.07, 6.45) is -3.07. The molecule has 3 rings (SSSR count). The first-order chi connectivity index (χ1) is 12.6. The number of alkyl halides is 3. The molecule has 2 atom stereocenters. The minimum absolute atomic E-state index is 0.0374. The van der Waals surface area contributed by atoms with Crippen LogP contribution in [-0.2, 0) is 11.0 Å². The second kappa shape index (κ2) is 7.27. The summed E-state index contributed by atoms with van der Waals surface area (Å²) in [7, 11) is 0. The summed E-state index contributed by atoms with van der Waals surface area (Å²) in [5, 5.41) is 20.0. The van der Waals surface area contributed by atoms with Gasteiger partial charge < -0.3 is 20.0 Å². The van der Waals surface area contributed by atoms with Gasteiger partial charge in [-0.25, -0.2) is 4.98 Å². The summed E-state index contributed by atoms with van der Waals surface area (Å²) in [6, 6.07) is 2.37. The van der Waals surface area contributed by atoms with Gasteiger partial charge in [0.25, 0.3) is 0 Å². The van der Waals surface area contributed by atoms with E-state index in [0.717, 1.165) is 12.3 Å². The van der Waals surface area contributed by atoms with Crippen molar-refractivity contribution < 1.29 is 28.2 Å². The number of pyridine rings is 1. The quantitative estimate of drug-likeness (QED) is 0.807. The molecular weight excluding hydrogens is 363 g/mol. The van der Waals surface area contributed by atoms with Crippen LogP contribution in [0.1, 0.15) is 31.7 Å². The Balaban J connectivity index is 1.55. The number of piperidine rings is 2. The highest BCUT2D eigenvalue weighted by Gasteiger charge is 2.40. The molecule has 0 aromatic carbocycles. The molecule has 0 bridgehead atoms. The van der Waals surface area contributed by atoms with E-state index in [-0.39, 0.29) is 18.4 Å². The molecule has 0 aliphatic carbocycles. The van der Waals surface area contributed by atoms with Crippen molar-refractivity contribution >= 4 is 11.7 Å². The molecule has 1 amide bonds. The van der Waals surface area contributed by atoms with Gasteiger partial charge in [0.15, 0.2) is 0 Å². The number of carbonyl (C=O) groups is 1. The Labute approximate surface area is 155 Å². The molecule has 0 radical (unpaired) electrons. The summed E-state index contributed by atoms with van der Waals surface area (Å²) in [6.45, 7) is 3.15. The maximum atomic E-state index is 12.7. The number of halogens is 3. The summed E-state index contributed by atoms with van der Waals surface area (Å²) in [5.74, 6) is 0.244. The number of β-amino-alcohol motifs (C(OH)–C–C–N with tert-alkyl or cyclic N) is 1. The first kappa shape index (κ1) is 19.9. The van der Waals surface area contributed by atoms with E-state index in [1.807, 2.05) is 4.90 Å². The number of amides is 1.